The molecule has 30 heavy (non-hydrogen) atoms. The van der Waals surface area contributed by atoms with Crippen LogP contribution in [0.15, 0.2) is 48.5 Å². The first-order chi connectivity index (χ1) is 14.4. The Bertz CT molecular complexity index is 886. The fourth-order valence-corrected chi connectivity index (χ4v) is 3.53. The quantitative estimate of drug-likeness (QED) is 0.759. The fourth-order valence-electron chi connectivity index (χ4n) is 3.53. The van der Waals surface area contributed by atoms with Crippen LogP contribution in [-0.2, 0) is 9.59 Å². The van der Waals surface area contributed by atoms with Crippen LogP contribution in [0.2, 0.25) is 0 Å². The minimum Gasteiger partial charge on any atom is -0.410 e. The Morgan fingerprint density at radius 3 is 2.23 bits per heavy atom. The summed E-state index contributed by atoms with van der Waals surface area (Å²) in [4.78, 5) is 38.2. The maximum Gasteiger partial charge on any atom is 0.415 e. The van der Waals surface area contributed by atoms with Gasteiger partial charge in [0.2, 0.25) is 0 Å². The highest BCUT2D eigenvalue weighted by Gasteiger charge is 2.25. The summed E-state index contributed by atoms with van der Waals surface area (Å²) in [5, 5.41) is 5.34. The lowest BCUT2D eigenvalue weighted by molar-refractivity contribution is -0.136. The van der Waals surface area contributed by atoms with E-state index >= 15 is 0 Å². The van der Waals surface area contributed by atoms with E-state index in [1.165, 1.54) is 0 Å². The summed E-state index contributed by atoms with van der Waals surface area (Å²) in [6.45, 7) is 5.39. The van der Waals surface area contributed by atoms with Crippen LogP contribution >= 0.6 is 0 Å². The van der Waals surface area contributed by atoms with E-state index < -0.39 is 11.8 Å². The molecule has 158 valence electrons. The van der Waals surface area contributed by atoms with E-state index in [9.17, 15) is 14.4 Å². The summed E-state index contributed by atoms with van der Waals surface area (Å²) in [6.07, 6.45) is 1.11. The van der Waals surface area contributed by atoms with E-state index in [4.69, 9.17) is 4.74 Å². The Hall–Kier alpha value is -3.35. The van der Waals surface area contributed by atoms with Gasteiger partial charge in [0.1, 0.15) is 5.75 Å². The zero-order valence-electron chi connectivity index (χ0n) is 17.3. The summed E-state index contributed by atoms with van der Waals surface area (Å²) in [5.41, 5.74) is 2.64. The third kappa shape index (κ3) is 6.07. The van der Waals surface area contributed by atoms with E-state index in [2.05, 4.69) is 10.6 Å². The van der Waals surface area contributed by atoms with Crippen LogP contribution in [0.4, 0.5) is 10.5 Å². The van der Waals surface area contributed by atoms with Crippen LogP contribution in [0.3, 0.4) is 0 Å². The monoisotopic (exact) mass is 409 g/mol. The van der Waals surface area contributed by atoms with Gasteiger partial charge in [-0.25, -0.2) is 4.79 Å². The second-order valence-electron chi connectivity index (χ2n) is 7.65. The Kier molecular flexibility index (Phi) is 7.06. The number of nitrogens with one attached hydrogen (secondary N) is 2. The number of likely N-dealkylation sites (tertiary alicyclic amines) is 1. The van der Waals surface area contributed by atoms with Gasteiger partial charge in [0, 0.05) is 25.3 Å². The van der Waals surface area contributed by atoms with Gasteiger partial charge < -0.3 is 20.3 Å². The Morgan fingerprint density at radius 1 is 0.967 bits per heavy atom. The van der Waals surface area contributed by atoms with Crippen LogP contribution in [0.5, 0.6) is 5.75 Å². The first-order valence-electron chi connectivity index (χ1n) is 10.1. The number of benzene rings is 2. The first-order valence-corrected chi connectivity index (χ1v) is 10.1. The number of carbonyl (C=O) groups is 3. The molecule has 1 aliphatic heterocycles. The summed E-state index contributed by atoms with van der Waals surface area (Å²) < 4.78 is 5.36. The first kappa shape index (κ1) is 21.4. The third-order valence-electron chi connectivity index (χ3n) is 5.06. The van der Waals surface area contributed by atoms with Crippen molar-refractivity contribution >= 4 is 23.6 Å². The van der Waals surface area contributed by atoms with E-state index in [0.717, 1.165) is 24.0 Å². The van der Waals surface area contributed by atoms with E-state index in [-0.39, 0.29) is 12.0 Å². The van der Waals surface area contributed by atoms with Crippen molar-refractivity contribution in [1.82, 2.24) is 10.2 Å². The number of aryl methyl sites for hydroxylation is 2. The molecule has 0 spiro atoms. The standard InChI is InChI=1S/C23H27N3O4/c1-16-12-17(2)14-19(13-16)25-22(28)21(27)24-15-18-8-10-26(11-9-18)23(29)30-20-6-4-3-5-7-20/h3-7,12-14,18H,8-11,15H2,1-2H3,(H,24,27)(H,25,28). The van der Waals surface area contributed by atoms with Gasteiger partial charge in [0.15, 0.2) is 0 Å². The highest BCUT2D eigenvalue weighted by molar-refractivity contribution is 6.39. The van der Waals surface area contributed by atoms with Crippen LogP contribution in [-0.4, -0.2) is 42.4 Å². The van der Waals surface area contributed by atoms with Gasteiger partial charge in [-0.15, -0.1) is 0 Å². The van der Waals surface area contributed by atoms with Crippen LogP contribution < -0.4 is 15.4 Å². The molecule has 2 N–H and O–H groups in total. The maximum absolute atomic E-state index is 12.2. The predicted molar refractivity (Wildman–Crippen MR) is 114 cm³/mol. The van der Waals surface area contributed by atoms with Crippen molar-refractivity contribution in [3.8, 4) is 5.75 Å². The molecule has 1 fully saturated rings. The number of para-hydroxylation sites is 1. The molecule has 1 aliphatic rings. The average Bonchev–Trinajstić information content (AvgIpc) is 2.72. The van der Waals surface area contributed by atoms with Crippen molar-refractivity contribution in [2.75, 3.05) is 25.0 Å². The molecule has 7 nitrogen and oxygen atoms in total. The normalized spacial score (nSPS) is 14.1. The van der Waals surface area contributed by atoms with Crippen molar-refractivity contribution in [2.24, 2.45) is 5.92 Å². The highest BCUT2D eigenvalue weighted by Crippen LogP contribution is 2.19. The zero-order chi connectivity index (χ0) is 21.5. The molecule has 0 bridgehead atoms. The molecule has 1 heterocycles. The summed E-state index contributed by atoms with van der Waals surface area (Å²) in [5.74, 6) is -0.598. The van der Waals surface area contributed by atoms with Gasteiger partial charge >= 0.3 is 17.9 Å². The smallest absolute Gasteiger partial charge is 0.410 e. The second kappa shape index (κ2) is 9.91. The van der Waals surface area contributed by atoms with Crippen molar-refractivity contribution < 1.29 is 19.1 Å². The third-order valence-corrected chi connectivity index (χ3v) is 5.06. The van der Waals surface area contributed by atoms with Crippen LogP contribution in [0.25, 0.3) is 0 Å². The lowest BCUT2D eigenvalue weighted by atomic mass is 9.97. The van der Waals surface area contributed by atoms with Crippen molar-refractivity contribution in [1.29, 1.82) is 0 Å². The topological polar surface area (TPSA) is 87.7 Å². The number of piperidine rings is 1. The van der Waals surface area contributed by atoms with E-state index in [0.29, 0.717) is 31.1 Å². The molecule has 2 aromatic carbocycles. The summed E-state index contributed by atoms with van der Waals surface area (Å²) in [6, 6.07) is 14.6. The molecule has 0 unspecified atom stereocenters. The van der Waals surface area contributed by atoms with Gasteiger partial charge in [0.05, 0.1) is 0 Å². The molecule has 3 amide bonds. The summed E-state index contributed by atoms with van der Waals surface area (Å²) in [7, 11) is 0. The minimum absolute atomic E-state index is 0.212. The molecule has 1 saturated heterocycles. The average molecular weight is 409 g/mol. The van der Waals surface area contributed by atoms with Gasteiger partial charge in [-0.05, 0) is 68.0 Å². The SMILES string of the molecule is Cc1cc(C)cc(NC(=O)C(=O)NCC2CCN(C(=O)Oc3ccccc3)CC2)c1. The van der Waals surface area contributed by atoms with E-state index in [1.807, 2.05) is 50.2 Å². The number of amides is 3. The number of hydrogen-bond acceptors (Lipinski definition) is 4. The molecule has 0 saturated carbocycles. The predicted octanol–water partition coefficient (Wildman–Crippen LogP) is 3.27. The molecule has 0 aliphatic carbocycles. The van der Waals surface area contributed by atoms with Crippen molar-refractivity contribution in [3.05, 3.63) is 59.7 Å². The number of ether oxygens (including phenoxy) is 1. The van der Waals surface area contributed by atoms with Gasteiger partial charge in [-0.1, -0.05) is 24.3 Å². The fraction of sp³-hybridized carbons (Fsp3) is 0.348. The van der Waals surface area contributed by atoms with Gasteiger partial charge in [-0.2, -0.15) is 0 Å². The molecule has 0 radical (unpaired) electrons. The maximum atomic E-state index is 12.2. The van der Waals surface area contributed by atoms with Crippen LogP contribution in [0.1, 0.15) is 24.0 Å². The number of rotatable bonds is 4. The van der Waals surface area contributed by atoms with E-state index in [1.54, 1.807) is 17.0 Å². The van der Waals surface area contributed by atoms with Gasteiger partial charge in [0.25, 0.3) is 0 Å². The lowest BCUT2D eigenvalue weighted by Gasteiger charge is -2.31. The number of carbonyl (C=O) groups excluding carboxylic acids is 3. The van der Waals surface area contributed by atoms with Gasteiger partial charge in [-0.3, -0.25) is 9.59 Å². The Labute approximate surface area is 176 Å². The highest BCUT2D eigenvalue weighted by atomic mass is 16.6. The molecule has 3 rings (SSSR count). The van der Waals surface area contributed by atoms with Crippen molar-refractivity contribution in [2.45, 2.75) is 26.7 Å². The van der Waals surface area contributed by atoms with Crippen LogP contribution in [0, 0.1) is 19.8 Å². The summed E-state index contributed by atoms with van der Waals surface area (Å²) >= 11 is 0. The number of nitrogens with zero attached hydrogens (tertiary/aromatic N) is 1. The molecular weight excluding hydrogens is 382 g/mol. The molecule has 7 heteroatoms. The largest absolute Gasteiger partial charge is 0.415 e. The van der Waals surface area contributed by atoms with Crippen molar-refractivity contribution in [3.63, 3.8) is 0 Å². The molecule has 2 aromatic rings. The molecule has 0 atom stereocenters. The second-order valence-corrected chi connectivity index (χ2v) is 7.65. The molecule has 0 aromatic heterocycles. The number of hydrogen-bond donors (Lipinski definition) is 2. The number of anilines is 1. The Balaban J connectivity index is 1.40. The lowest BCUT2D eigenvalue weighted by Crippen LogP contribution is -2.44. The Morgan fingerprint density at radius 2 is 1.60 bits per heavy atom. The zero-order valence-corrected chi connectivity index (χ0v) is 17.3. The molecular formula is C23H27N3O4. The minimum atomic E-state index is -0.677.